The summed E-state index contributed by atoms with van der Waals surface area (Å²) in [5.74, 6) is 1.17. The van der Waals surface area contributed by atoms with Crippen molar-refractivity contribution in [1.82, 2.24) is 4.98 Å². The van der Waals surface area contributed by atoms with Crippen LogP contribution in [-0.4, -0.2) is 30.3 Å². The van der Waals surface area contributed by atoms with Crippen LogP contribution in [0.25, 0.3) is 21.9 Å². The van der Waals surface area contributed by atoms with Crippen molar-refractivity contribution >= 4 is 16.7 Å². The van der Waals surface area contributed by atoms with E-state index < -0.39 is 0 Å². The maximum atomic E-state index is 10.8. The second kappa shape index (κ2) is 8.95. The zero-order valence-corrected chi connectivity index (χ0v) is 16.6. The molecule has 3 aromatic rings. The number of pyridine rings is 1. The third-order valence-electron chi connectivity index (χ3n) is 5.13. The number of benzene rings is 2. The molecule has 0 spiro atoms. The summed E-state index contributed by atoms with van der Waals surface area (Å²) in [6.07, 6.45) is 6.73. The van der Waals surface area contributed by atoms with E-state index in [1.807, 2.05) is 24.3 Å². The van der Waals surface area contributed by atoms with Crippen LogP contribution < -0.4 is 9.47 Å². The lowest BCUT2D eigenvalue weighted by Gasteiger charge is -2.15. The van der Waals surface area contributed by atoms with Crippen molar-refractivity contribution in [3.05, 3.63) is 54.7 Å². The topological polar surface area (TPSA) is 57.7 Å². The number of rotatable bonds is 7. The third kappa shape index (κ3) is 4.86. The van der Waals surface area contributed by atoms with Gasteiger partial charge in [-0.05, 0) is 72.4 Å². The van der Waals surface area contributed by atoms with E-state index in [9.17, 15) is 4.79 Å². The van der Waals surface area contributed by atoms with E-state index in [0.29, 0.717) is 12.5 Å². The number of fused-ring (bicyclic) bond motifs is 1. The second-order valence-corrected chi connectivity index (χ2v) is 7.29. The van der Waals surface area contributed by atoms with Crippen LogP contribution in [0.4, 0.5) is 0 Å². The average molecular weight is 391 g/mol. The average Bonchev–Trinajstić information content (AvgIpc) is 3.24. The molecule has 0 unspecified atom stereocenters. The molecule has 0 amide bonds. The molecule has 0 saturated heterocycles. The molecule has 5 nitrogen and oxygen atoms in total. The summed E-state index contributed by atoms with van der Waals surface area (Å²) in [5.41, 5.74) is 2.10. The Morgan fingerprint density at radius 2 is 1.83 bits per heavy atom. The van der Waals surface area contributed by atoms with Crippen LogP contribution in [0.5, 0.6) is 11.6 Å². The van der Waals surface area contributed by atoms with Crippen LogP contribution in [0.15, 0.2) is 54.7 Å². The molecule has 4 rings (SSSR count). The van der Waals surface area contributed by atoms with Gasteiger partial charge in [0.15, 0.2) is 0 Å². The zero-order valence-electron chi connectivity index (χ0n) is 16.6. The summed E-state index contributed by atoms with van der Waals surface area (Å²) in [7, 11) is 0. The van der Waals surface area contributed by atoms with Crippen LogP contribution in [0.2, 0.25) is 0 Å². The van der Waals surface area contributed by atoms with E-state index in [0.717, 1.165) is 40.5 Å². The van der Waals surface area contributed by atoms with Gasteiger partial charge in [0.2, 0.25) is 5.88 Å². The Bertz CT molecular complexity index is 995. The second-order valence-electron chi connectivity index (χ2n) is 7.29. The lowest BCUT2D eigenvalue weighted by molar-refractivity contribution is -0.141. The third-order valence-corrected chi connectivity index (χ3v) is 5.13. The summed E-state index contributed by atoms with van der Waals surface area (Å²) in [6, 6.07) is 16.3. The molecule has 29 heavy (non-hydrogen) atoms. The van der Waals surface area contributed by atoms with Crippen LogP contribution >= 0.6 is 0 Å². The fourth-order valence-electron chi connectivity index (χ4n) is 3.69. The fourth-order valence-corrected chi connectivity index (χ4v) is 3.69. The molecular formula is C24H25NO4. The first-order chi connectivity index (χ1) is 14.2. The van der Waals surface area contributed by atoms with Crippen LogP contribution in [-0.2, 0) is 9.53 Å². The van der Waals surface area contributed by atoms with E-state index in [2.05, 4.69) is 29.2 Å². The minimum Gasteiger partial charge on any atom is -0.490 e. The number of carbonyl (C=O) groups excluding carboxylic acids is 1. The Morgan fingerprint density at radius 1 is 1.03 bits per heavy atom. The highest BCUT2D eigenvalue weighted by molar-refractivity contribution is 5.89. The molecule has 1 fully saturated rings. The SMILES string of the molecule is CC(=O)OCCOc1ccc2cc(-c3cccnc3OC3CCCC3)ccc2c1. The molecule has 1 aliphatic carbocycles. The maximum absolute atomic E-state index is 10.8. The molecule has 2 aromatic carbocycles. The lowest BCUT2D eigenvalue weighted by atomic mass is 10.0. The first-order valence-corrected chi connectivity index (χ1v) is 10.1. The van der Waals surface area contributed by atoms with E-state index >= 15 is 0 Å². The van der Waals surface area contributed by atoms with Crippen molar-refractivity contribution in [2.75, 3.05) is 13.2 Å². The van der Waals surface area contributed by atoms with Gasteiger partial charge >= 0.3 is 5.97 Å². The molecule has 1 aromatic heterocycles. The Labute approximate surface area is 170 Å². The maximum Gasteiger partial charge on any atom is 0.302 e. The Kier molecular flexibility index (Phi) is 5.94. The highest BCUT2D eigenvalue weighted by Gasteiger charge is 2.19. The van der Waals surface area contributed by atoms with E-state index in [1.54, 1.807) is 6.20 Å². The van der Waals surface area contributed by atoms with E-state index in [4.69, 9.17) is 14.2 Å². The van der Waals surface area contributed by atoms with Crippen molar-refractivity contribution in [2.24, 2.45) is 0 Å². The number of aromatic nitrogens is 1. The van der Waals surface area contributed by atoms with Gasteiger partial charge in [-0.3, -0.25) is 4.79 Å². The summed E-state index contributed by atoms with van der Waals surface area (Å²) in [4.78, 5) is 15.3. The molecule has 1 saturated carbocycles. The number of carbonyl (C=O) groups is 1. The zero-order chi connectivity index (χ0) is 20.1. The van der Waals surface area contributed by atoms with Gasteiger partial charge in [0.1, 0.15) is 25.1 Å². The van der Waals surface area contributed by atoms with Crippen LogP contribution in [0, 0.1) is 0 Å². The van der Waals surface area contributed by atoms with Crippen molar-refractivity contribution in [1.29, 1.82) is 0 Å². The predicted molar refractivity (Wildman–Crippen MR) is 112 cm³/mol. The standard InChI is InChI=1S/C24H25NO4/c1-17(26)27-13-14-28-22-11-10-18-15-20(9-8-19(18)16-22)23-7-4-12-25-24(23)29-21-5-2-3-6-21/h4,7-12,15-16,21H,2-3,5-6,13-14H2,1H3. The van der Waals surface area contributed by atoms with Gasteiger partial charge in [0, 0.05) is 18.7 Å². The van der Waals surface area contributed by atoms with Gasteiger partial charge in [-0.2, -0.15) is 0 Å². The van der Waals surface area contributed by atoms with Crippen LogP contribution in [0.1, 0.15) is 32.6 Å². The number of nitrogens with zero attached hydrogens (tertiary/aromatic N) is 1. The van der Waals surface area contributed by atoms with Crippen molar-refractivity contribution in [3.8, 4) is 22.8 Å². The number of ether oxygens (including phenoxy) is 3. The number of hydrogen-bond donors (Lipinski definition) is 0. The quantitative estimate of drug-likeness (QED) is 0.411. The molecule has 5 heteroatoms. The Balaban J connectivity index is 1.52. The van der Waals surface area contributed by atoms with Gasteiger partial charge < -0.3 is 14.2 Å². The number of esters is 1. The fraction of sp³-hybridized carbons (Fsp3) is 0.333. The largest absolute Gasteiger partial charge is 0.490 e. The Morgan fingerprint density at radius 3 is 2.66 bits per heavy atom. The first kappa shape index (κ1) is 19.2. The van der Waals surface area contributed by atoms with Crippen molar-refractivity contribution < 1.29 is 19.0 Å². The molecule has 0 N–H and O–H groups in total. The molecule has 0 aliphatic heterocycles. The lowest BCUT2D eigenvalue weighted by Crippen LogP contribution is -2.12. The molecule has 1 aliphatic rings. The van der Waals surface area contributed by atoms with Crippen molar-refractivity contribution in [3.63, 3.8) is 0 Å². The monoisotopic (exact) mass is 391 g/mol. The highest BCUT2D eigenvalue weighted by Crippen LogP contribution is 2.33. The first-order valence-electron chi connectivity index (χ1n) is 10.1. The Hall–Kier alpha value is -3.08. The minimum absolute atomic E-state index is 0.247. The summed E-state index contributed by atoms with van der Waals surface area (Å²) in [6.45, 7) is 1.97. The van der Waals surface area contributed by atoms with Crippen molar-refractivity contribution in [2.45, 2.75) is 38.7 Å². The predicted octanol–water partition coefficient (Wildman–Crippen LogP) is 5.17. The molecule has 0 radical (unpaired) electrons. The normalized spacial score (nSPS) is 14.1. The smallest absolute Gasteiger partial charge is 0.302 e. The molecule has 0 atom stereocenters. The van der Waals surface area contributed by atoms with Gasteiger partial charge in [-0.15, -0.1) is 0 Å². The molecular weight excluding hydrogens is 366 g/mol. The van der Waals surface area contributed by atoms with E-state index in [-0.39, 0.29) is 18.7 Å². The summed E-state index contributed by atoms with van der Waals surface area (Å²) in [5, 5.41) is 2.20. The molecule has 0 bridgehead atoms. The number of hydrogen-bond acceptors (Lipinski definition) is 5. The van der Waals surface area contributed by atoms with Gasteiger partial charge in [0.05, 0.1) is 0 Å². The summed E-state index contributed by atoms with van der Waals surface area (Å²) < 4.78 is 16.8. The van der Waals surface area contributed by atoms with E-state index in [1.165, 1.54) is 19.8 Å². The highest BCUT2D eigenvalue weighted by atomic mass is 16.6. The molecule has 150 valence electrons. The minimum atomic E-state index is -0.300. The van der Waals surface area contributed by atoms with Crippen LogP contribution in [0.3, 0.4) is 0 Å². The van der Waals surface area contributed by atoms with Gasteiger partial charge in [-0.25, -0.2) is 4.98 Å². The molecule has 1 heterocycles. The summed E-state index contributed by atoms with van der Waals surface area (Å²) >= 11 is 0. The van der Waals surface area contributed by atoms with Gasteiger partial charge in [-0.1, -0.05) is 18.2 Å². The van der Waals surface area contributed by atoms with Gasteiger partial charge in [0.25, 0.3) is 0 Å².